The highest BCUT2D eigenvalue weighted by Gasteiger charge is 2.05. The summed E-state index contributed by atoms with van der Waals surface area (Å²) in [6.45, 7) is 10.3. The van der Waals surface area contributed by atoms with Gasteiger partial charge in [0.1, 0.15) is 5.75 Å². The topological polar surface area (TPSA) is 44.2 Å². The minimum absolute atomic E-state index is 0.457. The number of rotatable bonds is 16. The Morgan fingerprint density at radius 1 is 0.906 bits per heavy atom. The quantitative estimate of drug-likeness (QED) is 0.196. The molecule has 0 spiro atoms. The molecule has 0 saturated carbocycles. The van der Waals surface area contributed by atoms with E-state index in [1.807, 2.05) is 30.3 Å². The van der Waals surface area contributed by atoms with E-state index in [0.29, 0.717) is 18.5 Å². The fraction of sp³-hybridized carbons (Fsp3) is 0.571. The van der Waals surface area contributed by atoms with Gasteiger partial charge in [-0.2, -0.15) is 4.98 Å². The summed E-state index contributed by atoms with van der Waals surface area (Å²) in [5.41, 5.74) is 3.31. The van der Waals surface area contributed by atoms with E-state index >= 15 is 0 Å². The zero-order valence-electron chi connectivity index (χ0n) is 20.6. The average molecular weight is 439 g/mol. The van der Waals surface area contributed by atoms with Gasteiger partial charge in [0.15, 0.2) is 0 Å². The molecule has 0 radical (unpaired) electrons. The Labute approximate surface area is 195 Å². The monoisotopic (exact) mass is 438 g/mol. The third-order valence-corrected chi connectivity index (χ3v) is 5.60. The van der Waals surface area contributed by atoms with Gasteiger partial charge in [-0.15, -0.1) is 0 Å². The fourth-order valence-corrected chi connectivity index (χ4v) is 3.52. The number of unbranched alkanes of at least 4 members (excludes halogenated alkanes) is 5. The average Bonchev–Trinajstić information content (AvgIpc) is 2.79. The maximum Gasteiger partial charge on any atom is 0.316 e. The highest BCUT2D eigenvalue weighted by atomic mass is 16.5. The molecule has 32 heavy (non-hydrogen) atoms. The van der Waals surface area contributed by atoms with Gasteiger partial charge in [0.25, 0.3) is 0 Å². The summed E-state index contributed by atoms with van der Waals surface area (Å²) in [5, 5.41) is 0. The lowest BCUT2D eigenvalue weighted by Crippen LogP contribution is -2.04. The first-order valence-electron chi connectivity index (χ1n) is 12.4. The Balaban J connectivity index is 1.74. The summed E-state index contributed by atoms with van der Waals surface area (Å²) < 4.78 is 11.7. The maximum absolute atomic E-state index is 5.95. The van der Waals surface area contributed by atoms with E-state index in [-0.39, 0.29) is 0 Å². The van der Waals surface area contributed by atoms with Crippen molar-refractivity contribution in [3.8, 4) is 23.0 Å². The predicted octanol–water partition coefficient (Wildman–Crippen LogP) is 8.03. The van der Waals surface area contributed by atoms with E-state index < -0.39 is 0 Å². The van der Waals surface area contributed by atoms with Crippen LogP contribution in [0.4, 0.5) is 0 Å². The summed E-state index contributed by atoms with van der Waals surface area (Å²) in [4.78, 5) is 8.82. The maximum atomic E-state index is 5.95. The minimum Gasteiger partial charge on any atom is -0.494 e. The van der Waals surface area contributed by atoms with E-state index in [1.165, 1.54) is 44.1 Å². The zero-order chi connectivity index (χ0) is 23.0. The van der Waals surface area contributed by atoms with Crippen LogP contribution in [0.25, 0.3) is 11.3 Å². The lowest BCUT2D eigenvalue weighted by atomic mass is 10.0. The zero-order valence-corrected chi connectivity index (χ0v) is 20.6. The highest BCUT2D eigenvalue weighted by molar-refractivity contribution is 5.59. The molecule has 0 bridgehead atoms. The number of ether oxygens (including phenoxy) is 2. The van der Waals surface area contributed by atoms with Crippen LogP contribution in [0, 0.1) is 5.92 Å². The molecule has 1 heterocycles. The van der Waals surface area contributed by atoms with Gasteiger partial charge >= 0.3 is 6.01 Å². The fourth-order valence-electron chi connectivity index (χ4n) is 3.52. The van der Waals surface area contributed by atoms with Crippen molar-refractivity contribution in [2.45, 2.75) is 85.5 Å². The van der Waals surface area contributed by atoms with Crippen LogP contribution in [0.1, 0.15) is 85.5 Å². The van der Waals surface area contributed by atoms with Crippen LogP contribution in [0.2, 0.25) is 0 Å². The van der Waals surface area contributed by atoms with Crippen LogP contribution in [0.3, 0.4) is 0 Å². The van der Waals surface area contributed by atoms with Crippen molar-refractivity contribution in [1.82, 2.24) is 9.97 Å². The summed E-state index contributed by atoms with van der Waals surface area (Å²) in [6, 6.07) is 10.5. The first kappa shape index (κ1) is 25.9. The molecule has 0 aliphatic rings. The first-order valence-corrected chi connectivity index (χ1v) is 12.4. The van der Waals surface area contributed by atoms with E-state index in [2.05, 4.69) is 43.7 Å². The van der Waals surface area contributed by atoms with E-state index in [0.717, 1.165) is 42.9 Å². The van der Waals surface area contributed by atoms with Crippen LogP contribution >= 0.6 is 0 Å². The van der Waals surface area contributed by atoms with Crippen molar-refractivity contribution in [1.29, 1.82) is 0 Å². The number of benzene rings is 1. The lowest BCUT2D eigenvalue weighted by molar-refractivity contribution is 0.279. The SMILES string of the molecule is CCCCCCCCOc1nccc(-c2ccc(OCC[C@@H](C)CCC=C(C)C)cc2)n1. The minimum atomic E-state index is 0.457. The van der Waals surface area contributed by atoms with Crippen LogP contribution in [-0.4, -0.2) is 23.2 Å². The molecule has 1 aromatic heterocycles. The van der Waals surface area contributed by atoms with Gasteiger partial charge in [-0.3, -0.25) is 0 Å². The van der Waals surface area contributed by atoms with E-state index in [4.69, 9.17) is 9.47 Å². The largest absolute Gasteiger partial charge is 0.494 e. The van der Waals surface area contributed by atoms with Crippen LogP contribution < -0.4 is 9.47 Å². The Morgan fingerprint density at radius 3 is 2.41 bits per heavy atom. The van der Waals surface area contributed by atoms with Crippen LogP contribution in [-0.2, 0) is 0 Å². The molecular formula is C28H42N2O2. The molecule has 0 fully saturated rings. The van der Waals surface area contributed by atoms with E-state index in [1.54, 1.807) is 6.20 Å². The Morgan fingerprint density at radius 2 is 1.66 bits per heavy atom. The van der Waals surface area contributed by atoms with Gasteiger partial charge in [0.05, 0.1) is 18.9 Å². The molecule has 0 unspecified atom stereocenters. The van der Waals surface area contributed by atoms with Crippen molar-refractivity contribution in [2.24, 2.45) is 5.92 Å². The Hall–Kier alpha value is -2.36. The standard InChI is InChI=1S/C28H42N2O2/c1-5-6-7-8-9-10-21-32-28-29-20-18-27(30-28)25-14-16-26(17-15-25)31-22-19-24(4)13-11-12-23(2)3/h12,14-18,20,24H,5-11,13,19,21-22H2,1-4H3/t24-/m0/s1. The molecular weight excluding hydrogens is 396 g/mol. The molecule has 1 atom stereocenters. The number of nitrogens with zero attached hydrogens (tertiary/aromatic N) is 2. The van der Waals surface area contributed by atoms with Crippen LogP contribution in [0.5, 0.6) is 11.8 Å². The summed E-state index contributed by atoms with van der Waals surface area (Å²) in [6.07, 6.45) is 15.0. The molecule has 4 nitrogen and oxygen atoms in total. The Bertz CT molecular complexity index is 782. The summed E-state index contributed by atoms with van der Waals surface area (Å²) >= 11 is 0. The van der Waals surface area contributed by atoms with Crippen molar-refractivity contribution >= 4 is 0 Å². The molecule has 0 aliphatic carbocycles. The van der Waals surface area contributed by atoms with Gasteiger partial charge < -0.3 is 9.47 Å². The number of allylic oxidation sites excluding steroid dienone is 2. The number of aromatic nitrogens is 2. The van der Waals surface area contributed by atoms with E-state index in [9.17, 15) is 0 Å². The number of hydrogen-bond acceptors (Lipinski definition) is 4. The molecule has 4 heteroatoms. The number of hydrogen-bond donors (Lipinski definition) is 0. The second-order valence-electron chi connectivity index (χ2n) is 8.97. The molecule has 0 aliphatic heterocycles. The van der Waals surface area contributed by atoms with Gasteiger partial charge in [-0.1, -0.05) is 57.6 Å². The third-order valence-electron chi connectivity index (χ3n) is 5.60. The molecule has 1 aromatic carbocycles. The Kier molecular flexibility index (Phi) is 12.5. The van der Waals surface area contributed by atoms with Gasteiger partial charge in [0.2, 0.25) is 0 Å². The van der Waals surface area contributed by atoms with Gasteiger partial charge in [-0.05, 0) is 75.8 Å². The second kappa shape index (κ2) is 15.4. The van der Waals surface area contributed by atoms with Crippen molar-refractivity contribution in [3.05, 3.63) is 48.2 Å². The lowest BCUT2D eigenvalue weighted by Gasteiger charge is -2.12. The molecule has 0 N–H and O–H groups in total. The van der Waals surface area contributed by atoms with Gasteiger partial charge in [-0.25, -0.2) is 4.98 Å². The smallest absolute Gasteiger partial charge is 0.316 e. The molecule has 176 valence electrons. The van der Waals surface area contributed by atoms with Crippen LogP contribution in [0.15, 0.2) is 48.2 Å². The van der Waals surface area contributed by atoms with Crippen molar-refractivity contribution in [2.75, 3.05) is 13.2 Å². The normalized spacial score (nSPS) is 11.8. The molecule has 0 amide bonds. The van der Waals surface area contributed by atoms with Gasteiger partial charge in [0, 0.05) is 11.8 Å². The summed E-state index contributed by atoms with van der Waals surface area (Å²) in [7, 11) is 0. The van der Waals surface area contributed by atoms with Crippen molar-refractivity contribution < 1.29 is 9.47 Å². The third kappa shape index (κ3) is 10.8. The summed E-state index contributed by atoms with van der Waals surface area (Å²) in [5.74, 6) is 1.57. The molecule has 2 aromatic rings. The molecule has 0 saturated heterocycles. The molecule has 2 rings (SSSR count). The first-order chi connectivity index (χ1) is 15.6. The predicted molar refractivity (Wildman–Crippen MR) is 134 cm³/mol. The highest BCUT2D eigenvalue weighted by Crippen LogP contribution is 2.22. The second-order valence-corrected chi connectivity index (χ2v) is 8.97. The van der Waals surface area contributed by atoms with Crippen molar-refractivity contribution in [3.63, 3.8) is 0 Å².